The van der Waals surface area contributed by atoms with E-state index in [0.29, 0.717) is 0 Å². The molecule has 0 saturated carbocycles. The number of carbonyl (C=O) groups is 2. The molecule has 1 aromatic rings. The van der Waals surface area contributed by atoms with Gasteiger partial charge in [0, 0.05) is 38.3 Å². The first-order chi connectivity index (χ1) is 11.7. The van der Waals surface area contributed by atoms with E-state index in [2.05, 4.69) is 15.5 Å². The molecule has 1 heterocycles. The molecule has 1 aliphatic heterocycles. The zero-order chi connectivity index (χ0) is 18.4. The number of carbonyl (C=O) groups excluding carboxylic acids is 1. The Morgan fingerprint density at radius 3 is 2.60 bits per heavy atom. The summed E-state index contributed by atoms with van der Waals surface area (Å²) in [6.07, 6.45) is -0.521. The van der Waals surface area contributed by atoms with Crippen LogP contribution >= 0.6 is 0 Å². The molecular formula is C18H27N3O4. The maximum atomic E-state index is 11.9. The molecule has 1 atom stereocenters. The number of rotatable bonds is 5. The highest BCUT2D eigenvalue weighted by molar-refractivity contribution is 5.80. The number of ether oxygens (including phenoxy) is 1. The van der Waals surface area contributed by atoms with Crippen molar-refractivity contribution in [2.24, 2.45) is 0 Å². The highest BCUT2D eigenvalue weighted by atomic mass is 16.6. The van der Waals surface area contributed by atoms with Crippen LogP contribution in [0, 0.1) is 0 Å². The van der Waals surface area contributed by atoms with Gasteiger partial charge in [0.05, 0.1) is 0 Å². The summed E-state index contributed by atoms with van der Waals surface area (Å²) in [6.45, 7) is 8.91. The summed E-state index contributed by atoms with van der Waals surface area (Å²) in [5, 5.41) is 15.2. The van der Waals surface area contributed by atoms with Crippen LogP contribution in [0.5, 0.6) is 0 Å². The van der Waals surface area contributed by atoms with Gasteiger partial charge < -0.3 is 25.4 Å². The Balaban J connectivity index is 2.03. The zero-order valence-corrected chi connectivity index (χ0v) is 15.0. The molecule has 0 radical (unpaired) electrons. The van der Waals surface area contributed by atoms with Gasteiger partial charge in [0.2, 0.25) is 0 Å². The van der Waals surface area contributed by atoms with Crippen molar-refractivity contribution in [3.05, 3.63) is 29.8 Å². The largest absolute Gasteiger partial charge is 0.480 e. The number of nitrogens with one attached hydrogen (secondary N) is 2. The van der Waals surface area contributed by atoms with Crippen molar-refractivity contribution >= 4 is 17.7 Å². The first kappa shape index (κ1) is 19.1. The Hall–Kier alpha value is -2.28. The topological polar surface area (TPSA) is 90.9 Å². The molecule has 0 aromatic heterocycles. The van der Waals surface area contributed by atoms with Crippen molar-refractivity contribution in [3.63, 3.8) is 0 Å². The summed E-state index contributed by atoms with van der Waals surface area (Å²) in [4.78, 5) is 25.6. The first-order valence-corrected chi connectivity index (χ1v) is 8.51. The standard InChI is InChI=1S/C18H27N3O4/c1-18(2,3)25-17(24)20-15(16(22)23)12-13-5-4-6-14(11-13)21-9-7-19-8-10-21/h4-6,11,15,19H,7-10,12H2,1-3H3,(H,20,24)(H,22,23). The van der Waals surface area contributed by atoms with Crippen LogP contribution in [-0.2, 0) is 16.0 Å². The third-order valence-electron chi connectivity index (χ3n) is 3.82. The van der Waals surface area contributed by atoms with Crippen LogP contribution in [0.4, 0.5) is 10.5 Å². The molecule has 1 aromatic carbocycles. The number of amides is 1. The zero-order valence-electron chi connectivity index (χ0n) is 15.0. The lowest BCUT2D eigenvalue weighted by atomic mass is 10.0. The number of nitrogens with zero attached hydrogens (tertiary/aromatic N) is 1. The summed E-state index contributed by atoms with van der Waals surface area (Å²) >= 11 is 0. The summed E-state index contributed by atoms with van der Waals surface area (Å²) in [5.74, 6) is -1.08. The number of aliphatic carboxylic acids is 1. The highest BCUT2D eigenvalue weighted by Crippen LogP contribution is 2.18. The molecule has 1 saturated heterocycles. The Labute approximate surface area is 148 Å². The van der Waals surface area contributed by atoms with E-state index in [9.17, 15) is 14.7 Å². The molecule has 3 N–H and O–H groups in total. The van der Waals surface area contributed by atoms with E-state index in [1.54, 1.807) is 20.8 Å². The van der Waals surface area contributed by atoms with E-state index in [-0.39, 0.29) is 6.42 Å². The minimum atomic E-state index is -1.08. The predicted molar refractivity (Wildman–Crippen MR) is 96.0 cm³/mol. The average molecular weight is 349 g/mol. The average Bonchev–Trinajstić information content (AvgIpc) is 2.53. The highest BCUT2D eigenvalue weighted by Gasteiger charge is 2.24. The van der Waals surface area contributed by atoms with Crippen molar-refractivity contribution in [2.75, 3.05) is 31.1 Å². The molecule has 1 amide bonds. The van der Waals surface area contributed by atoms with Gasteiger partial charge in [0.25, 0.3) is 0 Å². The summed E-state index contributed by atoms with van der Waals surface area (Å²) in [6, 6.07) is 6.76. The van der Waals surface area contributed by atoms with Crippen molar-refractivity contribution in [3.8, 4) is 0 Å². The molecule has 0 aliphatic carbocycles. The molecule has 7 nitrogen and oxygen atoms in total. The van der Waals surface area contributed by atoms with Crippen LogP contribution in [-0.4, -0.2) is 55.0 Å². The van der Waals surface area contributed by atoms with Gasteiger partial charge in [0.1, 0.15) is 11.6 Å². The maximum absolute atomic E-state index is 11.9. The van der Waals surface area contributed by atoms with Crippen LogP contribution in [0.25, 0.3) is 0 Å². The molecule has 138 valence electrons. The molecule has 1 aliphatic rings. The van der Waals surface area contributed by atoms with E-state index >= 15 is 0 Å². The van der Waals surface area contributed by atoms with Gasteiger partial charge in [-0.1, -0.05) is 12.1 Å². The number of carboxylic acid groups (broad SMARTS) is 1. The number of alkyl carbamates (subject to hydrolysis) is 1. The minimum absolute atomic E-state index is 0.203. The molecule has 1 fully saturated rings. The minimum Gasteiger partial charge on any atom is -0.480 e. The van der Waals surface area contributed by atoms with Crippen molar-refractivity contribution < 1.29 is 19.4 Å². The summed E-state index contributed by atoms with van der Waals surface area (Å²) in [5.41, 5.74) is 1.26. The number of anilines is 1. The Morgan fingerprint density at radius 1 is 1.32 bits per heavy atom. The smallest absolute Gasteiger partial charge is 0.408 e. The van der Waals surface area contributed by atoms with Gasteiger partial charge >= 0.3 is 12.1 Å². The lowest BCUT2D eigenvalue weighted by Gasteiger charge is -2.30. The molecule has 0 bridgehead atoms. The second-order valence-corrected chi connectivity index (χ2v) is 7.15. The van der Waals surface area contributed by atoms with Gasteiger partial charge in [0.15, 0.2) is 0 Å². The van der Waals surface area contributed by atoms with E-state index in [0.717, 1.165) is 37.4 Å². The fourth-order valence-corrected chi connectivity index (χ4v) is 2.69. The van der Waals surface area contributed by atoms with Gasteiger partial charge in [-0.15, -0.1) is 0 Å². The normalized spacial score (nSPS) is 16.2. The Kier molecular flexibility index (Phi) is 6.25. The fourth-order valence-electron chi connectivity index (χ4n) is 2.69. The molecule has 25 heavy (non-hydrogen) atoms. The van der Waals surface area contributed by atoms with Gasteiger partial charge in [-0.3, -0.25) is 0 Å². The monoisotopic (exact) mass is 349 g/mol. The van der Waals surface area contributed by atoms with Gasteiger partial charge in [-0.2, -0.15) is 0 Å². The molecule has 1 unspecified atom stereocenters. The van der Waals surface area contributed by atoms with Crippen LogP contribution < -0.4 is 15.5 Å². The fraction of sp³-hybridized carbons (Fsp3) is 0.556. The predicted octanol–water partition coefficient (Wildman–Crippen LogP) is 1.62. The van der Waals surface area contributed by atoms with Gasteiger partial charge in [-0.25, -0.2) is 9.59 Å². The van der Waals surface area contributed by atoms with Crippen molar-refractivity contribution in [1.82, 2.24) is 10.6 Å². The SMILES string of the molecule is CC(C)(C)OC(=O)NC(Cc1cccc(N2CCNCC2)c1)C(=O)O. The second kappa shape index (κ2) is 8.20. The van der Waals surface area contributed by atoms with Crippen molar-refractivity contribution in [2.45, 2.75) is 38.8 Å². The quantitative estimate of drug-likeness (QED) is 0.748. The van der Waals surface area contributed by atoms with Crippen LogP contribution in [0.3, 0.4) is 0 Å². The lowest BCUT2D eigenvalue weighted by Crippen LogP contribution is -2.45. The molecular weight excluding hydrogens is 322 g/mol. The maximum Gasteiger partial charge on any atom is 0.408 e. The lowest BCUT2D eigenvalue weighted by molar-refractivity contribution is -0.139. The van der Waals surface area contributed by atoms with Crippen LogP contribution in [0.1, 0.15) is 26.3 Å². The molecule has 7 heteroatoms. The third-order valence-corrected chi connectivity index (χ3v) is 3.82. The molecule has 0 spiro atoms. The van der Waals surface area contributed by atoms with Crippen LogP contribution in [0.2, 0.25) is 0 Å². The summed E-state index contributed by atoms with van der Waals surface area (Å²) < 4.78 is 5.15. The molecule has 2 rings (SSSR count). The van der Waals surface area contributed by atoms with E-state index in [1.165, 1.54) is 0 Å². The number of carboxylic acids is 1. The van der Waals surface area contributed by atoms with E-state index in [4.69, 9.17) is 4.74 Å². The third kappa shape index (κ3) is 6.26. The van der Waals surface area contributed by atoms with Crippen molar-refractivity contribution in [1.29, 1.82) is 0 Å². The number of hydrogen-bond donors (Lipinski definition) is 3. The number of hydrogen-bond acceptors (Lipinski definition) is 5. The van der Waals surface area contributed by atoms with E-state index < -0.39 is 23.7 Å². The summed E-state index contributed by atoms with van der Waals surface area (Å²) in [7, 11) is 0. The van der Waals surface area contributed by atoms with E-state index in [1.807, 2.05) is 24.3 Å². The Bertz CT molecular complexity index is 607. The second-order valence-electron chi connectivity index (χ2n) is 7.15. The first-order valence-electron chi connectivity index (χ1n) is 8.51. The van der Waals surface area contributed by atoms with Crippen LogP contribution in [0.15, 0.2) is 24.3 Å². The Morgan fingerprint density at radius 2 is 2.00 bits per heavy atom. The number of piperazine rings is 1. The van der Waals surface area contributed by atoms with Gasteiger partial charge in [-0.05, 0) is 38.5 Å². The number of benzene rings is 1.